The number of benzene rings is 1. The van der Waals surface area contributed by atoms with Crippen LogP contribution in [0.2, 0.25) is 0 Å². The molecule has 0 aromatic heterocycles. The van der Waals surface area contributed by atoms with Crippen LogP contribution >= 0.6 is 12.2 Å². The maximum atomic E-state index is 12.7. The molecule has 1 fully saturated rings. The third-order valence-electron chi connectivity index (χ3n) is 2.46. The van der Waals surface area contributed by atoms with Crippen molar-refractivity contribution in [3.63, 3.8) is 0 Å². The van der Waals surface area contributed by atoms with Gasteiger partial charge in [-0.15, -0.1) is 0 Å². The van der Waals surface area contributed by atoms with E-state index in [1.54, 1.807) is 18.2 Å². The van der Waals surface area contributed by atoms with Crippen LogP contribution in [-0.4, -0.2) is 22.5 Å². The molecular weight excluding hydrogens is 239 g/mol. The lowest BCUT2D eigenvalue weighted by molar-refractivity contribution is -0.122. The van der Waals surface area contributed by atoms with E-state index >= 15 is 0 Å². The molecule has 5 heteroatoms. The van der Waals surface area contributed by atoms with Gasteiger partial charge in [-0.3, -0.25) is 9.69 Å². The average molecular weight is 250 g/mol. The monoisotopic (exact) mass is 250 g/mol. The summed E-state index contributed by atoms with van der Waals surface area (Å²) in [6, 6.07) is 5.91. The number of thiocarbonyl (C=S) groups is 1. The quantitative estimate of drug-likeness (QED) is 0.643. The normalized spacial score (nSPS) is 17.8. The Morgan fingerprint density at radius 1 is 1.41 bits per heavy atom. The van der Waals surface area contributed by atoms with Gasteiger partial charge in [0.1, 0.15) is 11.5 Å². The zero-order valence-electron chi connectivity index (χ0n) is 9.24. The van der Waals surface area contributed by atoms with E-state index in [1.165, 1.54) is 17.0 Å². The van der Waals surface area contributed by atoms with Crippen molar-refractivity contribution in [2.45, 2.75) is 6.92 Å². The highest BCUT2D eigenvalue weighted by molar-refractivity contribution is 7.80. The predicted octanol–water partition coefficient (Wildman–Crippen LogP) is 1.90. The molecule has 0 bridgehead atoms. The molecule has 0 saturated carbocycles. The first-order valence-electron chi connectivity index (χ1n) is 5.22. The van der Waals surface area contributed by atoms with Gasteiger partial charge in [-0.25, -0.2) is 4.39 Å². The fourth-order valence-corrected chi connectivity index (χ4v) is 1.91. The third kappa shape index (κ3) is 2.34. The highest BCUT2D eigenvalue weighted by atomic mass is 32.1. The molecule has 1 saturated heterocycles. The lowest BCUT2D eigenvalue weighted by Gasteiger charge is -2.08. The van der Waals surface area contributed by atoms with Gasteiger partial charge in [-0.2, -0.15) is 0 Å². The van der Waals surface area contributed by atoms with Gasteiger partial charge >= 0.3 is 0 Å². The van der Waals surface area contributed by atoms with Crippen molar-refractivity contribution in [2.24, 2.45) is 0 Å². The molecule has 1 heterocycles. The Morgan fingerprint density at radius 3 is 2.59 bits per heavy atom. The summed E-state index contributed by atoms with van der Waals surface area (Å²) in [6.07, 6.45) is 1.66. The molecule has 2 rings (SSSR count). The van der Waals surface area contributed by atoms with E-state index in [-0.39, 0.29) is 11.7 Å². The smallest absolute Gasteiger partial charge is 0.276 e. The minimum atomic E-state index is -0.302. The lowest BCUT2D eigenvalue weighted by atomic mass is 10.2. The Labute approximate surface area is 104 Å². The van der Waals surface area contributed by atoms with Gasteiger partial charge in [0.05, 0.1) is 0 Å². The molecule has 3 nitrogen and oxygen atoms in total. The van der Waals surface area contributed by atoms with E-state index in [0.29, 0.717) is 17.4 Å². The van der Waals surface area contributed by atoms with E-state index in [0.717, 1.165) is 5.56 Å². The second kappa shape index (κ2) is 4.63. The fourth-order valence-electron chi connectivity index (χ4n) is 1.58. The van der Waals surface area contributed by atoms with Gasteiger partial charge in [-0.1, -0.05) is 12.1 Å². The van der Waals surface area contributed by atoms with E-state index < -0.39 is 0 Å². The molecule has 0 atom stereocenters. The van der Waals surface area contributed by atoms with Crippen LogP contribution in [0.4, 0.5) is 4.39 Å². The maximum Gasteiger partial charge on any atom is 0.276 e. The van der Waals surface area contributed by atoms with Gasteiger partial charge in [0.15, 0.2) is 5.11 Å². The van der Waals surface area contributed by atoms with Crippen LogP contribution in [0.15, 0.2) is 30.0 Å². The Bertz CT molecular complexity index is 496. The SMILES string of the molecule is CCN1C(=O)/C(=C\c2ccc(F)cc2)NC1=S. The molecule has 17 heavy (non-hydrogen) atoms. The second-order valence-electron chi connectivity index (χ2n) is 3.59. The first-order chi connectivity index (χ1) is 8.11. The van der Waals surface area contributed by atoms with Crippen molar-refractivity contribution >= 4 is 29.3 Å². The largest absolute Gasteiger partial charge is 0.328 e. The fraction of sp³-hybridized carbons (Fsp3) is 0.167. The van der Waals surface area contributed by atoms with E-state index in [2.05, 4.69) is 5.32 Å². The molecule has 1 aromatic rings. The summed E-state index contributed by atoms with van der Waals surface area (Å²) in [4.78, 5) is 13.3. The number of hydrogen-bond donors (Lipinski definition) is 1. The number of carbonyl (C=O) groups excluding carboxylic acids is 1. The molecule has 1 aliphatic heterocycles. The van der Waals surface area contributed by atoms with Gasteiger partial charge in [0, 0.05) is 6.54 Å². The Kier molecular flexibility index (Phi) is 3.19. The van der Waals surface area contributed by atoms with E-state index in [1.807, 2.05) is 6.92 Å². The van der Waals surface area contributed by atoms with Crippen LogP contribution in [-0.2, 0) is 4.79 Å². The molecule has 0 spiro atoms. The van der Waals surface area contributed by atoms with Crippen LogP contribution in [0.3, 0.4) is 0 Å². The molecule has 1 N–H and O–H groups in total. The first-order valence-corrected chi connectivity index (χ1v) is 5.62. The molecule has 0 unspecified atom stereocenters. The minimum absolute atomic E-state index is 0.151. The van der Waals surface area contributed by atoms with Crippen molar-refractivity contribution in [1.82, 2.24) is 10.2 Å². The van der Waals surface area contributed by atoms with Gasteiger partial charge in [-0.05, 0) is 42.9 Å². The molecule has 1 amide bonds. The van der Waals surface area contributed by atoms with Crippen molar-refractivity contribution < 1.29 is 9.18 Å². The average Bonchev–Trinajstić information content (AvgIpc) is 2.57. The molecule has 0 radical (unpaired) electrons. The van der Waals surface area contributed by atoms with Gasteiger partial charge < -0.3 is 5.32 Å². The Hall–Kier alpha value is -1.75. The van der Waals surface area contributed by atoms with Crippen molar-refractivity contribution in [1.29, 1.82) is 0 Å². The zero-order chi connectivity index (χ0) is 12.4. The van der Waals surface area contributed by atoms with Crippen LogP contribution in [0.5, 0.6) is 0 Å². The standard InChI is InChI=1S/C12H11FN2OS/c1-2-15-11(16)10(14-12(15)17)7-8-3-5-9(13)6-4-8/h3-7H,2H2,1H3,(H,14,17)/b10-7+. The van der Waals surface area contributed by atoms with E-state index in [9.17, 15) is 9.18 Å². The lowest BCUT2D eigenvalue weighted by Crippen LogP contribution is -2.30. The molecular formula is C12H11FN2OS. The van der Waals surface area contributed by atoms with Crippen LogP contribution in [0.25, 0.3) is 6.08 Å². The van der Waals surface area contributed by atoms with Crippen LogP contribution in [0, 0.1) is 5.82 Å². The summed E-state index contributed by atoms with van der Waals surface area (Å²) in [5.41, 5.74) is 1.17. The molecule has 1 aromatic carbocycles. The molecule has 88 valence electrons. The number of carbonyl (C=O) groups is 1. The minimum Gasteiger partial charge on any atom is -0.328 e. The maximum absolute atomic E-state index is 12.7. The van der Waals surface area contributed by atoms with Crippen molar-refractivity contribution in [3.05, 3.63) is 41.3 Å². The third-order valence-corrected chi connectivity index (χ3v) is 2.78. The van der Waals surface area contributed by atoms with Crippen molar-refractivity contribution in [2.75, 3.05) is 6.54 Å². The summed E-state index contributed by atoms with van der Waals surface area (Å²) < 4.78 is 12.7. The zero-order valence-corrected chi connectivity index (χ0v) is 10.1. The highest BCUT2D eigenvalue weighted by Crippen LogP contribution is 2.14. The number of halogens is 1. The van der Waals surface area contributed by atoms with Gasteiger partial charge in [0.2, 0.25) is 0 Å². The summed E-state index contributed by atoms with van der Waals surface area (Å²) in [5.74, 6) is -0.453. The summed E-state index contributed by atoms with van der Waals surface area (Å²) in [5, 5.41) is 3.25. The Balaban J connectivity index is 2.27. The topological polar surface area (TPSA) is 32.3 Å². The number of nitrogens with one attached hydrogen (secondary N) is 1. The number of amides is 1. The summed E-state index contributed by atoms with van der Waals surface area (Å²) in [6.45, 7) is 2.39. The number of rotatable bonds is 2. The van der Waals surface area contributed by atoms with Crippen LogP contribution in [0.1, 0.15) is 12.5 Å². The summed E-state index contributed by atoms with van der Waals surface area (Å²) in [7, 11) is 0. The Morgan fingerprint density at radius 2 is 2.06 bits per heavy atom. The molecule has 0 aliphatic carbocycles. The van der Waals surface area contributed by atoms with E-state index in [4.69, 9.17) is 12.2 Å². The number of likely N-dealkylation sites (N-methyl/N-ethyl adjacent to an activating group) is 1. The summed E-state index contributed by atoms with van der Waals surface area (Å²) >= 11 is 5.02. The number of nitrogens with zero attached hydrogens (tertiary/aromatic N) is 1. The number of hydrogen-bond acceptors (Lipinski definition) is 2. The van der Waals surface area contributed by atoms with Gasteiger partial charge in [0.25, 0.3) is 5.91 Å². The van der Waals surface area contributed by atoms with Crippen LogP contribution < -0.4 is 5.32 Å². The van der Waals surface area contributed by atoms with Crippen molar-refractivity contribution in [3.8, 4) is 0 Å². The predicted molar refractivity (Wildman–Crippen MR) is 67.5 cm³/mol. The first kappa shape index (κ1) is 11.7. The molecule has 1 aliphatic rings. The highest BCUT2D eigenvalue weighted by Gasteiger charge is 2.28. The second-order valence-corrected chi connectivity index (χ2v) is 3.98.